The number of amides is 1. The van der Waals surface area contributed by atoms with E-state index in [0.717, 1.165) is 31.7 Å². The number of oxime groups is 1. The second kappa shape index (κ2) is 12.5. The fraction of sp³-hybridized carbons (Fsp3) is 0.480. The molecule has 2 aliphatic heterocycles. The Kier molecular flexibility index (Phi) is 9.39. The van der Waals surface area contributed by atoms with Gasteiger partial charge in [0.1, 0.15) is 17.1 Å². The number of benzene rings is 1. The molecule has 1 unspecified atom stereocenters. The van der Waals surface area contributed by atoms with E-state index in [9.17, 15) is 19.8 Å². The molecule has 9 heteroatoms. The van der Waals surface area contributed by atoms with E-state index in [2.05, 4.69) is 12.1 Å². The molecule has 1 atom stereocenters. The summed E-state index contributed by atoms with van der Waals surface area (Å²) in [5, 5.41) is 24.5. The molecule has 2 N–H and O–H groups in total. The van der Waals surface area contributed by atoms with Crippen molar-refractivity contribution in [1.82, 2.24) is 4.90 Å². The fourth-order valence-electron chi connectivity index (χ4n) is 4.00. The molecule has 0 saturated carbocycles. The zero-order chi connectivity index (χ0) is 24.5. The van der Waals surface area contributed by atoms with E-state index < -0.39 is 11.7 Å². The van der Waals surface area contributed by atoms with Crippen LogP contribution in [0.25, 0.3) is 0 Å². The predicted molar refractivity (Wildman–Crippen MR) is 129 cm³/mol. The SMILES string of the molecule is CC1CCCN(C(=O)CO/N=C2\C=C\CC/C=C/CCOC(=O)c3c(O)cc(O)c(Cl)c3C2)C1. The molecule has 0 bridgehead atoms. The zero-order valence-corrected chi connectivity index (χ0v) is 20.1. The molecule has 1 saturated heterocycles. The lowest BCUT2D eigenvalue weighted by Gasteiger charge is -2.30. The van der Waals surface area contributed by atoms with Crippen LogP contribution < -0.4 is 0 Å². The van der Waals surface area contributed by atoms with E-state index in [1.807, 2.05) is 18.2 Å². The van der Waals surface area contributed by atoms with Gasteiger partial charge < -0.3 is 24.7 Å². The van der Waals surface area contributed by atoms with Crippen molar-refractivity contribution in [2.75, 3.05) is 26.3 Å². The molecule has 8 nitrogen and oxygen atoms in total. The largest absolute Gasteiger partial charge is 0.507 e. The van der Waals surface area contributed by atoms with E-state index in [0.29, 0.717) is 31.1 Å². The number of likely N-dealkylation sites (tertiary alicyclic amines) is 1. The minimum atomic E-state index is -0.751. The summed E-state index contributed by atoms with van der Waals surface area (Å²) in [5.41, 5.74) is 0.407. The summed E-state index contributed by atoms with van der Waals surface area (Å²) in [5.74, 6) is -1.24. The third-order valence-electron chi connectivity index (χ3n) is 5.76. The molecule has 1 amide bonds. The number of rotatable bonds is 3. The molecule has 1 aromatic rings. The minimum Gasteiger partial charge on any atom is -0.507 e. The van der Waals surface area contributed by atoms with Crippen molar-refractivity contribution in [1.29, 1.82) is 0 Å². The number of halogens is 1. The van der Waals surface area contributed by atoms with Crippen molar-refractivity contribution in [3.8, 4) is 11.5 Å². The van der Waals surface area contributed by atoms with Gasteiger partial charge in [0.05, 0.1) is 17.3 Å². The highest BCUT2D eigenvalue weighted by Crippen LogP contribution is 2.37. The fourth-order valence-corrected chi connectivity index (χ4v) is 4.21. The number of nitrogens with zero attached hydrogens (tertiary/aromatic N) is 2. The quantitative estimate of drug-likeness (QED) is 0.370. The topological polar surface area (TPSA) is 109 Å². The summed E-state index contributed by atoms with van der Waals surface area (Å²) in [6, 6.07) is 1.01. The average Bonchev–Trinajstić information content (AvgIpc) is 2.80. The predicted octanol–water partition coefficient (Wildman–Crippen LogP) is 4.38. The Bertz CT molecular complexity index is 988. The maximum Gasteiger partial charge on any atom is 0.342 e. The van der Waals surface area contributed by atoms with Crippen LogP contribution >= 0.6 is 11.6 Å². The highest BCUT2D eigenvalue weighted by molar-refractivity contribution is 6.33. The zero-order valence-electron chi connectivity index (χ0n) is 19.3. The Morgan fingerprint density at radius 2 is 2.00 bits per heavy atom. The van der Waals surface area contributed by atoms with Crippen LogP contribution in [-0.2, 0) is 20.8 Å². The Morgan fingerprint density at radius 1 is 1.24 bits per heavy atom. The number of ether oxygens (including phenoxy) is 1. The van der Waals surface area contributed by atoms with E-state index in [-0.39, 0.29) is 47.4 Å². The Labute approximate surface area is 204 Å². The van der Waals surface area contributed by atoms with Gasteiger partial charge in [-0.2, -0.15) is 0 Å². The van der Waals surface area contributed by atoms with Crippen LogP contribution in [0.4, 0.5) is 0 Å². The summed E-state index contributed by atoms with van der Waals surface area (Å²) in [7, 11) is 0. The van der Waals surface area contributed by atoms with Gasteiger partial charge in [-0.05, 0) is 49.7 Å². The van der Waals surface area contributed by atoms with Gasteiger partial charge in [0.25, 0.3) is 5.91 Å². The van der Waals surface area contributed by atoms with Crippen LogP contribution in [0.1, 0.15) is 54.9 Å². The van der Waals surface area contributed by atoms with Gasteiger partial charge in [0.15, 0.2) is 6.61 Å². The number of fused-ring (bicyclic) bond motifs is 1. The second-order valence-electron chi connectivity index (χ2n) is 8.58. The van der Waals surface area contributed by atoms with E-state index in [4.69, 9.17) is 21.2 Å². The number of aromatic hydroxyl groups is 2. The van der Waals surface area contributed by atoms with Crippen LogP contribution in [0.15, 0.2) is 35.5 Å². The number of allylic oxidation sites excluding steroid dienone is 3. The average molecular weight is 491 g/mol. The standard InChI is InChI=1S/C25H31ClN2O6/c1-17-9-8-11-28(15-17)22(31)16-34-27-18-10-6-4-2-3-5-7-12-33-25(32)23-19(13-18)24(26)21(30)14-20(23)29/h3,5-6,10,14,17,29-30H,2,4,7-9,11-13,15-16H2,1H3/b5-3+,10-6+,27-18+. The molecule has 3 rings (SSSR count). The summed E-state index contributed by atoms with van der Waals surface area (Å²) in [6.45, 7) is 3.47. The van der Waals surface area contributed by atoms with Gasteiger partial charge in [-0.3, -0.25) is 4.79 Å². The Balaban J connectivity index is 1.85. The van der Waals surface area contributed by atoms with E-state index >= 15 is 0 Å². The van der Waals surface area contributed by atoms with Gasteiger partial charge in [-0.25, -0.2) is 4.79 Å². The summed E-state index contributed by atoms with van der Waals surface area (Å²) < 4.78 is 5.28. The van der Waals surface area contributed by atoms with Crippen LogP contribution in [0.3, 0.4) is 0 Å². The molecular weight excluding hydrogens is 460 g/mol. The van der Waals surface area contributed by atoms with Crippen LogP contribution in [0.2, 0.25) is 5.02 Å². The van der Waals surface area contributed by atoms with Gasteiger partial charge in [0.2, 0.25) is 0 Å². The molecule has 2 heterocycles. The van der Waals surface area contributed by atoms with Crippen molar-refractivity contribution >= 4 is 29.2 Å². The first-order valence-corrected chi connectivity index (χ1v) is 11.9. The molecule has 34 heavy (non-hydrogen) atoms. The second-order valence-corrected chi connectivity index (χ2v) is 8.96. The normalized spacial score (nSPS) is 22.9. The van der Waals surface area contributed by atoms with E-state index in [1.54, 1.807) is 11.0 Å². The monoisotopic (exact) mass is 490 g/mol. The Morgan fingerprint density at radius 3 is 2.79 bits per heavy atom. The van der Waals surface area contributed by atoms with Crippen molar-refractivity contribution in [2.24, 2.45) is 11.1 Å². The molecule has 0 aromatic heterocycles. The number of phenols is 2. The van der Waals surface area contributed by atoms with Crippen molar-refractivity contribution in [3.63, 3.8) is 0 Å². The molecule has 2 aliphatic rings. The van der Waals surface area contributed by atoms with Crippen LogP contribution in [-0.4, -0.2) is 59.0 Å². The summed E-state index contributed by atoms with van der Waals surface area (Å²) in [6.07, 6.45) is 11.7. The lowest BCUT2D eigenvalue weighted by molar-refractivity contribution is -0.137. The minimum absolute atomic E-state index is 0.0213. The first-order chi connectivity index (χ1) is 16.4. The van der Waals surface area contributed by atoms with Gasteiger partial charge in [-0.1, -0.05) is 41.9 Å². The number of hydrogen-bond acceptors (Lipinski definition) is 7. The Hall–Kier alpha value is -3.00. The summed E-state index contributed by atoms with van der Waals surface area (Å²) >= 11 is 6.30. The van der Waals surface area contributed by atoms with Crippen molar-refractivity contribution in [3.05, 3.63) is 46.5 Å². The molecular formula is C25H31ClN2O6. The van der Waals surface area contributed by atoms with Crippen molar-refractivity contribution in [2.45, 2.75) is 45.4 Å². The van der Waals surface area contributed by atoms with Crippen molar-refractivity contribution < 1.29 is 29.4 Å². The number of cyclic esters (lactones) is 1. The first kappa shape index (κ1) is 25.6. The molecule has 0 aliphatic carbocycles. The maximum atomic E-state index is 12.7. The smallest absolute Gasteiger partial charge is 0.342 e. The lowest BCUT2D eigenvalue weighted by Crippen LogP contribution is -2.40. The molecule has 184 valence electrons. The van der Waals surface area contributed by atoms with Crippen LogP contribution in [0.5, 0.6) is 11.5 Å². The number of piperidine rings is 1. The number of carbonyl (C=O) groups excluding carboxylic acids is 2. The summed E-state index contributed by atoms with van der Waals surface area (Å²) in [4.78, 5) is 32.4. The molecule has 0 radical (unpaired) electrons. The van der Waals surface area contributed by atoms with Gasteiger partial charge in [0, 0.05) is 25.6 Å². The molecule has 1 aromatic carbocycles. The number of carbonyl (C=O) groups is 2. The number of esters is 1. The number of phenolic OH excluding ortho intramolecular Hbond substituents is 2. The third kappa shape index (κ3) is 7.00. The first-order valence-electron chi connectivity index (χ1n) is 11.6. The molecule has 0 spiro atoms. The molecule has 1 fully saturated rings. The third-order valence-corrected chi connectivity index (χ3v) is 6.18. The van der Waals surface area contributed by atoms with Crippen LogP contribution in [0, 0.1) is 5.92 Å². The highest BCUT2D eigenvalue weighted by atomic mass is 35.5. The van der Waals surface area contributed by atoms with Gasteiger partial charge in [-0.15, -0.1) is 0 Å². The highest BCUT2D eigenvalue weighted by Gasteiger charge is 2.25. The van der Waals surface area contributed by atoms with Gasteiger partial charge >= 0.3 is 5.97 Å². The lowest BCUT2D eigenvalue weighted by atomic mass is 9.99. The number of hydrogen-bond donors (Lipinski definition) is 2. The maximum absolute atomic E-state index is 12.7. The van der Waals surface area contributed by atoms with E-state index in [1.165, 1.54) is 0 Å².